The van der Waals surface area contributed by atoms with Crippen molar-refractivity contribution in [3.8, 4) is 11.5 Å². The summed E-state index contributed by atoms with van der Waals surface area (Å²) >= 11 is 6.03. The van der Waals surface area contributed by atoms with Crippen LogP contribution in [0.25, 0.3) is 0 Å². The van der Waals surface area contributed by atoms with E-state index in [0.29, 0.717) is 35.9 Å². The molecule has 1 aliphatic carbocycles. The zero-order valence-corrected chi connectivity index (χ0v) is 21.0. The molecule has 1 N–H and O–H groups in total. The third-order valence-electron chi connectivity index (χ3n) is 6.57. The van der Waals surface area contributed by atoms with Gasteiger partial charge < -0.3 is 19.7 Å². The summed E-state index contributed by atoms with van der Waals surface area (Å²) in [7, 11) is 3.13. The largest absolute Gasteiger partial charge is 0.497 e. The third-order valence-corrected chi connectivity index (χ3v) is 6.80. The number of amides is 2. The van der Waals surface area contributed by atoms with E-state index in [0.717, 1.165) is 31.2 Å². The maximum atomic E-state index is 13.8. The highest BCUT2D eigenvalue weighted by atomic mass is 35.5. The van der Waals surface area contributed by atoms with Gasteiger partial charge in [0.25, 0.3) is 0 Å². The first kappa shape index (κ1) is 25.9. The number of hydrogen-bond donors (Lipinski definition) is 1. The quantitative estimate of drug-likeness (QED) is 0.492. The minimum absolute atomic E-state index is 0.0879. The highest BCUT2D eigenvalue weighted by Gasteiger charge is 2.35. The summed E-state index contributed by atoms with van der Waals surface area (Å²) in [6, 6.07) is 14.4. The zero-order chi connectivity index (χ0) is 24.5. The number of halogens is 1. The standard InChI is InChI=1S/C27H35ClN2O4/c1-19-9-11-21(12-10-19)29-27(32)26(23-17-22(33-2)13-14-24(23)34-3)30(25(31)18-28)16-15-20-7-5-4-6-8-20/h4-8,13-14,17,19,21,26H,9-12,15-16,18H2,1-3H3,(H,29,32)/t19?,21?,26-/m0/s1. The van der Waals surface area contributed by atoms with Crippen molar-refractivity contribution >= 4 is 23.4 Å². The number of nitrogens with zero attached hydrogens (tertiary/aromatic N) is 1. The number of methoxy groups -OCH3 is 2. The predicted molar refractivity (Wildman–Crippen MR) is 134 cm³/mol. The van der Waals surface area contributed by atoms with Crippen molar-refractivity contribution in [3.05, 3.63) is 59.7 Å². The Morgan fingerprint density at radius 2 is 1.76 bits per heavy atom. The summed E-state index contributed by atoms with van der Waals surface area (Å²) in [5, 5.41) is 3.21. The number of carbonyl (C=O) groups excluding carboxylic acids is 2. The average Bonchev–Trinajstić information content (AvgIpc) is 2.87. The van der Waals surface area contributed by atoms with Crippen molar-refractivity contribution in [1.29, 1.82) is 0 Å². The monoisotopic (exact) mass is 486 g/mol. The number of rotatable bonds is 10. The minimum atomic E-state index is -0.889. The molecule has 34 heavy (non-hydrogen) atoms. The molecule has 1 atom stereocenters. The first-order valence-electron chi connectivity index (χ1n) is 11.9. The fraction of sp³-hybridized carbons (Fsp3) is 0.481. The summed E-state index contributed by atoms with van der Waals surface area (Å²) in [6.07, 6.45) is 4.62. The Balaban J connectivity index is 1.97. The molecule has 0 heterocycles. The van der Waals surface area contributed by atoms with E-state index in [1.807, 2.05) is 30.3 Å². The molecule has 0 unspecified atom stereocenters. The van der Waals surface area contributed by atoms with Gasteiger partial charge >= 0.3 is 0 Å². The van der Waals surface area contributed by atoms with Gasteiger partial charge in [-0.2, -0.15) is 0 Å². The van der Waals surface area contributed by atoms with Crippen molar-refractivity contribution in [1.82, 2.24) is 10.2 Å². The average molecular weight is 487 g/mol. The molecule has 1 fully saturated rings. The Kier molecular flexibility index (Phi) is 9.63. The predicted octanol–water partition coefficient (Wildman–Crippen LogP) is 4.75. The smallest absolute Gasteiger partial charge is 0.247 e. The number of benzene rings is 2. The third kappa shape index (κ3) is 6.66. The fourth-order valence-corrected chi connectivity index (χ4v) is 4.71. The van der Waals surface area contributed by atoms with E-state index < -0.39 is 6.04 Å². The van der Waals surface area contributed by atoms with Gasteiger partial charge in [-0.05, 0) is 61.8 Å². The highest BCUT2D eigenvalue weighted by molar-refractivity contribution is 6.27. The number of hydrogen-bond acceptors (Lipinski definition) is 4. The Morgan fingerprint density at radius 1 is 1.06 bits per heavy atom. The van der Waals surface area contributed by atoms with Crippen LogP contribution in [-0.4, -0.2) is 49.4 Å². The van der Waals surface area contributed by atoms with E-state index in [-0.39, 0.29) is 23.7 Å². The van der Waals surface area contributed by atoms with Crippen molar-refractivity contribution in [3.63, 3.8) is 0 Å². The summed E-state index contributed by atoms with van der Waals surface area (Å²) in [5.74, 6) is 1.03. The highest BCUT2D eigenvalue weighted by Crippen LogP contribution is 2.34. The molecule has 7 heteroatoms. The van der Waals surface area contributed by atoms with Gasteiger partial charge in [0.05, 0.1) is 14.2 Å². The molecule has 0 spiro atoms. The van der Waals surface area contributed by atoms with E-state index >= 15 is 0 Å². The molecule has 184 valence electrons. The van der Waals surface area contributed by atoms with Crippen molar-refractivity contribution in [2.24, 2.45) is 5.92 Å². The number of nitrogens with one attached hydrogen (secondary N) is 1. The first-order valence-corrected chi connectivity index (χ1v) is 12.4. The molecular formula is C27H35ClN2O4. The van der Waals surface area contributed by atoms with Gasteiger partial charge in [0.1, 0.15) is 23.4 Å². The molecule has 1 saturated carbocycles. The van der Waals surface area contributed by atoms with Crippen LogP contribution in [0.1, 0.15) is 49.8 Å². The molecule has 2 aromatic carbocycles. The van der Waals surface area contributed by atoms with Crippen molar-refractivity contribution in [2.75, 3.05) is 26.6 Å². The summed E-state index contributed by atoms with van der Waals surface area (Å²) < 4.78 is 11.0. The second-order valence-corrected chi connectivity index (χ2v) is 9.20. The van der Waals surface area contributed by atoms with E-state index in [1.165, 1.54) is 0 Å². The lowest BCUT2D eigenvalue weighted by Gasteiger charge is -2.34. The minimum Gasteiger partial charge on any atom is -0.497 e. The molecule has 3 rings (SSSR count). The normalized spacial score (nSPS) is 18.6. The lowest BCUT2D eigenvalue weighted by molar-refractivity contribution is -0.139. The van der Waals surface area contributed by atoms with Crippen LogP contribution in [0.3, 0.4) is 0 Å². The van der Waals surface area contributed by atoms with Gasteiger partial charge in [0.2, 0.25) is 11.8 Å². The van der Waals surface area contributed by atoms with Gasteiger partial charge in [-0.1, -0.05) is 37.3 Å². The molecule has 2 amide bonds. The maximum absolute atomic E-state index is 13.8. The first-order chi connectivity index (χ1) is 16.5. The molecular weight excluding hydrogens is 452 g/mol. The van der Waals surface area contributed by atoms with Crippen molar-refractivity contribution in [2.45, 2.75) is 51.1 Å². The summed E-state index contributed by atoms with van der Waals surface area (Å²) in [4.78, 5) is 28.4. The van der Waals surface area contributed by atoms with E-state index in [1.54, 1.807) is 37.3 Å². The maximum Gasteiger partial charge on any atom is 0.247 e. The Labute approximate surface area is 207 Å². The zero-order valence-electron chi connectivity index (χ0n) is 20.3. The van der Waals surface area contributed by atoms with Gasteiger partial charge in [-0.25, -0.2) is 0 Å². The van der Waals surface area contributed by atoms with Gasteiger partial charge in [-0.15, -0.1) is 11.6 Å². The fourth-order valence-electron chi connectivity index (χ4n) is 4.56. The molecule has 2 aromatic rings. The molecule has 0 aromatic heterocycles. The van der Waals surface area contributed by atoms with Crippen LogP contribution in [0.2, 0.25) is 0 Å². The molecule has 6 nitrogen and oxygen atoms in total. The number of alkyl halides is 1. The van der Waals surface area contributed by atoms with Crippen LogP contribution >= 0.6 is 11.6 Å². The molecule has 1 aliphatic rings. The van der Waals surface area contributed by atoms with E-state index in [4.69, 9.17) is 21.1 Å². The Morgan fingerprint density at radius 3 is 2.38 bits per heavy atom. The van der Waals surface area contributed by atoms with Crippen LogP contribution in [-0.2, 0) is 16.0 Å². The van der Waals surface area contributed by atoms with Gasteiger partial charge in [0.15, 0.2) is 0 Å². The van der Waals surface area contributed by atoms with Crippen molar-refractivity contribution < 1.29 is 19.1 Å². The summed E-state index contributed by atoms with van der Waals surface area (Å²) in [6.45, 7) is 2.59. The Bertz CT molecular complexity index is 945. The second-order valence-electron chi connectivity index (χ2n) is 8.93. The van der Waals surface area contributed by atoms with E-state index in [2.05, 4.69) is 12.2 Å². The van der Waals surface area contributed by atoms with Crippen LogP contribution in [0, 0.1) is 5.92 Å². The molecule has 0 saturated heterocycles. The van der Waals surface area contributed by atoms with E-state index in [9.17, 15) is 9.59 Å². The topological polar surface area (TPSA) is 67.9 Å². The molecule has 0 radical (unpaired) electrons. The molecule has 0 bridgehead atoms. The van der Waals surface area contributed by atoms with Gasteiger partial charge in [-0.3, -0.25) is 9.59 Å². The summed E-state index contributed by atoms with van der Waals surface area (Å²) in [5.41, 5.74) is 1.66. The lowest BCUT2D eigenvalue weighted by Crippen LogP contribution is -2.48. The van der Waals surface area contributed by atoms with Gasteiger partial charge in [0, 0.05) is 18.2 Å². The number of carbonyl (C=O) groups is 2. The van der Waals surface area contributed by atoms with Crippen LogP contribution < -0.4 is 14.8 Å². The second kappa shape index (κ2) is 12.7. The SMILES string of the molecule is COc1ccc(OC)c([C@@H](C(=O)NC2CCC(C)CC2)N(CCc2ccccc2)C(=O)CCl)c1. The van der Waals surface area contributed by atoms with Crippen LogP contribution in [0.15, 0.2) is 48.5 Å². The molecule has 0 aliphatic heterocycles. The van der Waals surface area contributed by atoms with Crippen LogP contribution in [0.4, 0.5) is 0 Å². The lowest BCUT2D eigenvalue weighted by atomic mass is 9.87. The van der Waals surface area contributed by atoms with Crippen LogP contribution in [0.5, 0.6) is 11.5 Å². The number of ether oxygens (including phenoxy) is 2. The Hall–Kier alpha value is -2.73.